The van der Waals surface area contributed by atoms with Gasteiger partial charge < -0.3 is 15.7 Å². The van der Waals surface area contributed by atoms with Gasteiger partial charge in [0.1, 0.15) is 0 Å². The number of aliphatic hydroxyl groups excluding tert-OH is 1. The maximum Gasteiger partial charge on any atom is 0.253 e. The largest absolute Gasteiger partial charge is 0.399 e. The van der Waals surface area contributed by atoms with Crippen LogP contribution in [0.15, 0.2) is 18.2 Å². The molecule has 0 saturated carbocycles. The van der Waals surface area contributed by atoms with Gasteiger partial charge in [-0.3, -0.25) is 4.79 Å². The lowest BCUT2D eigenvalue weighted by Crippen LogP contribution is -2.29. The number of benzene rings is 1. The molecule has 0 aliphatic carbocycles. The average molecular weight is 208 g/mol. The molecule has 0 saturated heterocycles. The lowest BCUT2D eigenvalue weighted by Gasteiger charge is -2.16. The van der Waals surface area contributed by atoms with Crippen molar-refractivity contribution in [2.45, 2.75) is 6.92 Å². The van der Waals surface area contributed by atoms with E-state index in [2.05, 4.69) is 0 Å². The molecular weight excluding hydrogens is 192 g/mol. The molecule has 1 aromatic rings. The molecule has 4 heteroatoms. The Morgan fingerprint density at radius 3 is 2.73 bits per heavy atom. The van der Waals surface area contributed by atoms with Gasteiger partial charge in [-0.1, -0.05) is 0 Å². The van der Waals surface area contributed by atoms with Crippen LogP contribution in [0.3, 0.4) is 0 Å². The van der Waals surface area contributed by atoms with E-state index in [-0.39, 0.29) is 12.5 Å². The molecule has 0 radical (unpaired) electrons. The van der Waals surface area contributed by atoms with E-state index in [1.807, 2.05) is 6.92 Å². The van der Waals surface area contributed by atoms with E-state index in [1.165, 1.54) is 4.90 Å². The maximum absolute atomic E-state index is 11.8. The van der Waals surface area contributed by atoms with Gasteiger partial charge in [-0.15, -0.1) is 0 Å². The van der Waals surface area contributed by atoms with Crippen LogP contribution in [0.1, 0.15) is 15.9 Å². The normalized spacial score (nSPS) is 10.1. The quantitative estimate of drug-likeness (QED) is 0.716. The van der Waals surface area contributed by atoms with E-state index in [9.17, 15) is 4.79 Å². The fourth-order valence-corrected chi connectivity index (χ4v) is 1.28. The summed E-state index contributed by atoms with van der Waals surface area (Å²) in [5.74, 6) is -0.104. The highest BCUT2D eigenvalue weighted by Gasteiger charge is 2.11. The second-order valence-electron chi connectivity index (χ2n) is 3.52. The molecule has 0 fully saturated rings. The summed E-state index contributed by atoms with van der Waals surface area (Å²) in [7, 11) is 1.66. The van der Waals surface area contributed by atoms with Gasteiger partial charge in [0.25, 0.3) is 5.91 Å². The van der Waals surface area contributed by atoms with E-state index < -0.39 is 0 Å². The van der Waals surface area contributed by atoms with Crippen LogP contribution in [0.5, 0.6) is 0 Å². The molecule has 0 spiro atoms. The summed E-state index contributed by atoms with van der Waals surface area (Å²) in [6, 6.07) is 5.17. The molecule has 0 aliphatic rings. The van der Waals surface area contributed by atoms with Crippen LogP contribution in [0.4, 0.5) is 5.69 Å². The van der Waals surface area contributed by atoms with E-state index in [1.54, 1.807) is 25.2 Å². The third-order valence-corrected chi connectivity index (χ3v) is 2.30. The summed E-state index contributed by atoms with van der Waals surface area (Å²) in [4.78, 5) is 13.2. The molecule has 0 unspecified atom stereocenters. The second-order valence-corrected chi connectivity index (χ2v) is 3.52. The number of carbonyl (C=O) groups excluding carboxylic acids is 1. The number of anilines is 1. The van der Waals surface area contributed by atoms with Crippen molar-refractivity contribution in [3.05, 3.63) is 29.3 Å². The van der Waals surface area contributed by atoms with E-state index >= 15 is 0 Å². The summed E-state index contributed by atoms with van der Waals surface area (Å²) < 4.78 is 0. The Labute approximate surface area is 89.3 Å². The van der Waals surface area contributed by atoms with Gasteiger partial charge in [0, 0.05) is 24.8 Å². The molecule has 4 nitrogen and oxygen atoms in total. The third-order valence-electron chi connectivity index (χ3n) is 2.30. The fraction of sp³-hybridized carbons (Fsp3) is 0.364. The highest BCUT2D eigenvalue weighted by Crippen LogP contribution is 2.13. The first-order valence-electron chi connectivity index (χ1n) is 4.78. The molecule has 0 bridgehead atoms. The highest BCUT2D eigenvalue weighted by molar-refractivity contribution is 5.94. The minimum absolute atomic E-state index is 0.0316. The zero-order valence-electron chi connectivity index (χ0n) is 9.03. The van der Waals surface area contributed by atoms with Gasteiger partial charge in [0.05, 0.1) is 6.61 Å². The standard InChI is InChI=1S/C11H16N2O2/c1-8-7-9(3-4-10(8)12)11(15)13(2)5-6-14/h3-4,7,14H,5-6,12H2,1-2H3. The Morgan fingerprint density at radius 1 is 1.53 bits per heavy atom. The second kappa shape index (κ2) is 4.79. The Balaban J connectivity index is 2.87. The van der Waals surface area contributed by atoms with E-state index in [4.69, 9.17) is 10.8 Å². The van der Waals surface area contributed by atoms with Crippen molar-refractivity contribution in [3.8, 4) is 0 Å². The summed E-state index contributed by atoms with van der Waals surface area (Å²) in [6.07, 6.45) is 0. The van der Waals surface area contributed by atoms with Crippen molar-refractivity contribution in [3.63, 3.8) is 0 Å². The first-order chi connectivity index (χ1) is 7.06. The summed E-state index contributed by atoms with van der Waals surface area (Å²) in [6.45, 7) is 2.16. The van der Waals surface area contributed by atoms with E-state index in [0.717, 1.165) is 5.56 Å². The molecule has 0 aromatic heterocycles. The van der Waals surface area contributed by atoms with Crippen LogP contribution in [0, 0.1) is 6.92 Å². The zero-order valence-corrected chi connectivity index (χ0v) is 9.03. The van der Waals surface area contributed by atoms with Crippen LogP contribution < -0.4 is 5.73 Å². The Hall–Kier alpha value is -1.55. The van der Waals surface area contributed by atoms with Crippen molar-refractivity contribution in [1.82, 2.24) is 4.90 Å². The van der Waals surface area contributed by atoms with Gasteiger partial charge in [-0.05, 0) is 30.7 Å². The number of aliphatic hydroxyl groups is 1. The molecular formula is C11H16N2O2. The number of aryl methyl sites for hydroxylation is 1. The number of nitrogens with zero attached hydrogens (tertiary/aromatic N) is 1. The molecule has 15 heavy (non-hydrogen) atoms. The monoisotopic (exact) mass is 208 g/mol. The molecule has 1 amide bonds. The maximum atomic E-state index is 11.8. The molecule has 0 aliphatic heterocycles. The van der Waals surface area contributed by atoms with E-state index in [0.29, 0.717) is 17.8 Å². The molecule has 1 rings (SSSR count). The predicted molar refractivity (Wildman–Crippen MR) is 59.6 cm³/mol. The first kappa shape index (κ1) is 11.5. The van der Waals surface area contributed by atoms with Crippen LogP contribution in [0.25, 0.3) is 0 Å². The van der Waals surface area contributed by atoms with Crippen LogP contribution >= 0.6 is 0 Å². The van der Waals surface area contributed by atoms with Crippen molar-refractivity contribution >= 4 is 11.6 Å². The number of hydrogen-bond donors (Lipinski definition) is 2. The minimum atomic E-state index is -0.104. The first-order valence-corrected chi connectivity index (χ1v) is 4.78. The predicted octanol–water partition coefficient (Wildman–Crippen LogP) is 0.642. The Kier molecular flexibility index (Phi) is 3.68. The third kappa shape index (κ3) is 2.70. The van der Waals surface area contributed by atoms with Gasteiger partial charge in [-0.2, -0.15) is 0 Å². The van der Waals surface area contributed by atoms with Gasteiger partial charge >= 0.3 is 0 Å². The number of carbonyl (C=O) groups is 1. The number of likely N-dealkylation sites (N-methyl/N-ethyl adjacent to an activating group) is 1. The molecule has 3 N–H and O–H groups in total. The number of rotatable bonds is 3. The lowest BCUT2D eigenvalue weighted by atomic mass is 10.1. The number of nitrogens with two attached hydrogens (primary N) is 1. The van der Waals surface area contributed by atoms with Gasteiger partial charge in [0.15, 0.2) is 0 Å². The SMILES string of the molecule is Cc1cc(C(=O)N(C)CCO)ccc1N. The number of hydrogen-bond acceptors (Lipinski definition) is 3. The molecule has 0 heterocycles. The minimum Gasteiger partial charge on any atom is -0.399 e. The van der Waals surface area contributed by atoms with Crippen molar-refractivity contribution in [2.75, 3.05) is 25.9 Å². The van der Waals surface area contributed by atoms with Crippen molar-refractivity contribution in [1.29, 1.82) is 0 Å². The smallest absolute Gasteiger partial charge is 0.253 e. The fourth-order valence-electron chi connectivity index (χ4n) is 1.28. The molecule has 1 aromatic carbocycles. The molecule has 0 atom stereocenters. The highest BCUT2D eigenvalue weighted by atomic mass is 16.3. The Morgan fingerprint density at radius 2 is 2.20 bits per heavy atom. The average Bonchev–Trinajstić information content (AvgIpc) is 2.21. The lowest BCUT2D eigenvalue weighted by molar-refractivity contribution is 0.0767. The summed E-state index contributed by atoms with van der Waals surface area (Å²) in [5.41, 5.74) is 7.82. The van der Waals surface area contributed by atoms with Crippen molar-refractivity contribution in [2.24, 2.45) is 0 Å². The van der Waals surface area contributed by atoms with Gasteiger partial charge in [0.2, 0.25) is 0 Å². The van der Waals surface area contributed by atoms with Gasteiger partial charge in [-0.25, -0.2) is 0 Å². The summed E-state index contributed by atoms with van der Waals surface area (Å²) >= 11 is 0. The Bertz CT molecular complexity index is 364. The van der Waals surface area contributed by atoms with Crippen molar-refractivity contribution < 1.29 is 9.90 Å². The zero-order chi connectivity index (χ0) is 11.4. The van der Waals surface area contributed by atoms with Crippen LogP contribution in [-0.4, -0.2) is 36.1 Å². The topological polar surface area (TPSA) is 66.6 Å². The van der Waals surface area contributed by atoms with Crippen LogP contribution in [0.2, 0.25) is 0 Å². The summed E-state index contributed by atoms with van der Waals surface area (Å²) in [5, 5.41) is 8.72. The van der Waals surface area contributed by atoms with Crippen LogP contribution in [-0.2, 0) is 0 Å². The molecule has 82 valence electrons. The number of nitrogen functional groups attached to an aromatic ring is 1. The number of amides is 1.